The van der Waals surface area contributed by atoms with E-state index < -0.39 is 34.0 Å². The first-order chi connectivity index (χ1) is 13.4. The minimum atomic E-state index is -4.39. The summed E-state index contributed by atoms with van der Waals surface area (Å²) in [6.07, 6.45) is -5.09. The maximum atomic E-state index is 12.2. The van der Waals surface area contributed by atoms with Gasteiger partial charge in [0.2, 0.25) is 10.0 Å². The fourth-order valence-electron chi connectivity index (χ4n) is 2.09. The van der Waals surface area contributed by atoms with Gasteiger partial charge in [0, 0.05) is 5.69 Å². The zero-order valence-corrected chi connectivity index (χ0v) is 17.5. The second-order valence-electron chi connectivity index (χ2n) is 5.96. The lowest BCUT2D eigenvalue weighted by Crippen LogP contribution is -2.09. The number of benzene rings is 2. The van der Waals surface area contributed by atoms with E-state index in [-0.39, 0.29) is 17.3 Å². The van der Waals surface area contributed by atoms with Crippen molar-refractivity contribution in [2.45, 2.75) is 18.4 Å². The molecule has 29 heavy (non-hydrogen) atoms. The molecular weight excluding hydrogens is 454 g/mol. The number of hydrogen-bond acceptors (Lipinski definition) is 4. The second kappa shape index (κ2) is 11.0. The molecule has 3 N–H and O–H groups in total. The maximum absolute atomic E-state index is 12.2. The summed E-state index contributed by atoms with van der Waals surface area (Å²) >= 11 is 10.8. The van der Waals surface area contributed by atoms with Crippen molar-refractivity contribution in [3.63, 3.8) is 0 Å². The van der Waals surface area contributed by atoms with E-state index in [0.29, 0.717) is 11.3 Å². The van der Waals surface area contributed by atoms with Crippen LogP contribution in [0.1, 0.15) is 28.9 Å². The highest BCUT2D eigenvalue weighted by Crippen LogP contribution is 2.30. The lowest BCUT2D eigenvalue weighted by atomic mass is 10.1. The van der Waals surface area contributed by atoms with Gasteiger partial charge in [-0.3, -0.25) is 4.72 Å². The van der Waals surface area contributed by atoms with Gasteiger partial charge in [0.15, 0.2) is 0 Å². The van der Waals surface area contributed by atoms with Crippen LogP contribution in [-0.4, -0.2) is 36.6 Å². The van der Waals surface area contributed by atoms with E-state index in [2.05, 4.69) is 4.72 Å². The van der Waals surface area contributed by atoms with E-state index >= 15 is 0 Å². The molecule has 0 heterocycles. The topological polar surface area (TPSA) is 86.6 Å². The van der Waals surface area contributed by atoms with Gasteiger partial charge in [0.25, 0.3) is 0 Å². The molecule has 2 rings (SSSR count). The Bertz CT molecular complexity index is 877. The molecule has 2 aromatic carbocycles. The molecule has 0 spiro atoms. The van der Waals surface area contributed by atoms with Crippen molar-refractivity contribution < 1.29 is 31.8 Å². The number of hydrogen-bond donors (Lipinski definition) is 3. The Morgan fingerprint density at radius 1 is 0.966 bits per heavy atom. The molecule has 0 aliphatic rings. The Kier molecular flexibility index (Phi) is 9.70. The highest BCUT2D eigenvalue weighted by atomic mass is 35.5. The molecule has 0 aliphatic carbocycles. The van der Waals surface area contributed by atoms with Gasteiger partial charge in [-0.15, -0.1) is 23.2 Å². The Morgan fingerprint density at radius 3 is 1.93 bits per heavy atom. The smallest absolute Gasteiger partial charge is 0.387 e. The van der Waals surface area contributed by atoms with Gasteiger partial charge in [0.1, 0.15) is 0 Å². The van der Waals surface area contributed by atoms with Crippen molar-refractivity contribution in [3.8, 4) is 0 Å². The third-order valence-corrected chi connectivity index (χ3v) is 4.68. The molecule has 0 bridgehead atoms. The SMILES string of the molecule is CS(=O)(=O)Nc1ccc(C(O)CCl)cc1.OC(CCl)c1cccc(C(F)(F)F)c1. The fraction of sp³-hybridized carbons (Fsp3) is 0.333. The van der Waals surface area contributed by atoms with Crippen LogP contribution in [0, 0.1) is 0 Å². The second-order valence-corrected chi connectivity index (χ2v) is 8.33. The minimum absolute atomic E-state index is 0.110. The van der Waals surface area contributed by atoms with Crippen LogP contribution in [0.5, 0.6) is 0 Å². The van der Waals surface area contributed by atoms with Gasteiger partial charge in [-0.2, -0.15) is 13.2 Å². The number of aliphatic hydroxyl groups is 2. The third kappa shape index (κ3) is 9.22. The zero-order chi connectivity index (χ0) is 22.2. The molecule has 11 heteroatoms. The highest BCUT2D eigenvalue weighted by Gasteiger charge is 2.30. The molecule has 2 unspecified atom stereocenters. The number of anilines is 1. The Hall–Kier alpha value is -1.52. The average Bonchev–Trinajstić information content (AvgIpc) is 2.66. The van der Waals surface area contributed by atoms with Gasteiger partial charge in [-0.1, -0.05) is 24.3 Å². The molecule has 2 atom stereocenters. The zero-order valence-electron chi connectivity index (χ0n) is 15.2. The van der Waals surface area contributed by atoms with Crippen molar-refractivity contribution in [2.75, 3.05) is 22.7 Å². The fourth-order valence-corrected chi connectivity index (χ4v) is 3.01. The van der Waals surface area contributed by atoms with Crippen molar-refractivity contribution in [3.05, 3.63) is 65.2 Å². The first-order valence-electron chi connectivity index (χ1n) is 8.10. The molecule has 0 saturated carbocycles. The molecule has 0 amide bonds. The van der Waals surface area contributed by atoms with Crippen LogP contribution in [0.25, 0.3) is 0 Å². The van der Waals surface area contributed by atoms with Gasteiger partial charge in [0.05, 0.1) is 35.8 Å². The molecule has 0 saturated heterocycles. The monoisotopic (exact) mass is 473 g/mol. The van der Waals surface area contributed by atoms with Crippen LogP contribution in [0.2, 0.25) is 0 Å². The summed E-state index contributed by atoms with van der Waals surface area (Å²) in [4.78, 5) is 0. The summed E-state index contributed by atoms with van der Waals surface area (Å²) in [6.45, 7) is 0. The predicted octanol–water partition coefficient (Wildman–Crippen LogP) is 4.31. The van der Waals surface area contributed by atoms with Crippen LogP contribution in [0.3, 0.4) is 0 Å². The van der Waals surface area contributed by atoms with E-state index in [4.69, 9.17) is 23.2 Å². The number of sulfonamides is 1. The van der Waals surface area contributed by atoms with Gasteiger partial charge in [-0.05, 0) is 35.4 Å². The molecule has 0 aliphatic heterocycles. The molecular formula is C18H20Cl2F3NO4S. The van der Waals surface area contributed by atoms with Gasteiger partial charge in [-0.25, -0.2) is 8.42 Å². The number of aliphatic hydroxyl groups excluding tert-OH is 2. The molecule has 0 fully saturated rings. The van der Waals surface area contributed by atoms with Crippen LogP contribution in [0.15, 0.2) is 48.5 Å². The van der Waals surface area contributed by atoms with E-state index in [1.165, 1.54) is 12.1 Å². The number of alkyl halides is 5. The number of halogens is 5. The van der Waals surface area contributed by atoms with E-state index in [9.17, 15) is 31.8 Å². The van der Waals surface area contributed by atoms with Gasteiger partial charge >= 0.3 is 6.18 Å². The summed E-state index contributed by atoms with van der Waals surface area (Å²) in [7, 11) is -3.25. The highest BCUT2D eigenvalue weighted by molar-refractivity contribution is 7.92. The van der Waals surface area contributed by atoms with Crippen molar-refractivity contribution in [1.29, 1.82) is 0 Å². The van der Waals surface area contributed by atoms with Crippen molar-refractivity contribution >= 4 is 38.9 Å². The standard InChI is InChI=1S/C9H8ClF3O.C9H12ClNO3S/c10-5-8(14)6-2-1-3-7(4-6)9(11,12)13;1-15(13,14)11-8-4-2-7(3-5-8)9(12)6-10/h1-4,8,14H,5H2;2-5,9,11-12H,6H2,1H3. The Morgan fingerprint density at radius 2 is 1.48 bits per heavy atom. The summed E-state index contributed by atoms with van der Waals surface area (Å²) in [5.74, 6) is -0.0137. The van der Waals surface area contributed by atoms with Crippen LogP contribution in [-0.2, 0) is 16.2 Å². The normalized spacial score (nSPS) is 13.8. The molecule has 0 radical (unpaired) electrons. The Balaban J connectivity index is 0.000000291. The first kappa shape index (κ1) is 25.5. The summed E-state index contributed by atoms with van der Waals surface area (Å²) in [5.41, 5.74) is 0.515. The van der Waals surface area contributed by atoms with E-state index in [1.54, 1.807) is 24.3 Å². The van der Waals surface area contributed by atoms with Crippen molar-refractivity contribution in [2.24, 2.45) is 0 Å². The molecule has 0 aromatic heterocycles. The van der Waals surface area contributed by atoms with Crippen molar-refractivity contribution in [1.82, 2.24) is 0 Å². The van der Waals surface area contributed by atoms with Crippen LogP contribution < -0.4 is 4.72 Å². The number of rotatable bonds is 6. The maximum Gasteiger partial charge on any atom is 0.416 e. The predicted molar refractivity (Wildman–Crippen MR) is 108 cm³/mol. The molecule has 5 nitrogen and oxygen atoms in total. The third-order valence-electron chi connectivity index (χ3n) is 3.49. The molecule has 162 valence electrons. The largest absolute Gasteiger partial charge is 0.416 e. The average molecular weight is 474 g/mol. The van der Waals surface area contributed by atoms with Crippen LogP contribution in [0.4, 0.5) is 18.9 Å². The Labute approximate surface area is 177 Å². The summed E-state index contributed by atoms with van der Waals surface area (Å²) in [5, 5.41) is 18.6. The van der Waals surface area contributed by atoms with Gasteiger partial charge < -0.3 is 10.2 Å². The lowest BCUT2D eigenvalue weighted by molar-refractivity contribution is -0.137. The van der Waals surface area contributed by atoms with E-state index in [0.717, 1.165) is 18.4 Å². The number of nitrogens with one attached hydrogen (secondary N) is 1. The summed E-state index contributed by atoms with van der Waals surface area (Å²) < 4.78 is 60.8. The van der Waals surface area contributed by atoms with E-state index in [1.807, 2.05) is 0 Å². The molecule has 2 aromatic rings. The first-order valence-corrected chi connectivity index (χ1v) is 11.1. The lowest BCUT2D eigenvalue weighted by Gasteiger charge is -2.11. The quantitative estimate of drug-likeness (QED) is 0.545. The van der Waals surface area contributed by atoms with Crippen LogP contribution >= 0.6 is 23.2 Å². The minimum Gasteiger partial charge on any atom is -0.387 e. The summed E-state index contributed by atoms with van der Waals surface area (Å²) in [6, 6.07) is 10.9.